The number of hydrogen-bond donors (Lipinski definition) is 1. The van der Waals surface area contributed by atoms with Crippen LogP contribution in [0.1, 0.15) is 11.4 Å². The van der Waals surface area contributed by atoms with Crippen LogP contribution in [-0.2, 0) is 17.9 Å². The fourth-order valence-electron chi connectivity index (χ4n) is 3.77. The zero-order valence-corrected chi connectivity index (χ0v) is 19.8. The summed E-state index contributed by atoms with van der Waals surface area (Å²) in [6.07, 6.45) is 0. The van der Waals surface area contributed by atoms with E-state index in [1.807, 2.05) is 83.4 Å². The molecule has 0 spiro atoms. The van der Waals surface area contributed by atoms with E-state index in [1.165, 1.54) is 11.8 Å². The van der Waals surface area contributed by atoms with Crippen LogP contribution in [0.15, 0.2) is 108 Å². The minimum absolute atomic E-state index is 0.0935. The van der Waals surface area contributed by atoms with E-state index in [2.05, 4.69) is 39.8 Å². The van der Waals surface area contributed by atoms with E-state index < -0.39 is 0 Å². The Bertz CT molecular complexity index is 1420. The highest BCUT2D eigenvalue weighted by Gasteiger charge is 2.16. The Balaban J connectivity index is 1.33. The Morgan fingerprint density at radius 2 is 1.54 bits per heavy atom. The van der Waals surface area contributed by atoms with Crippen LogP contribution in [0.25, 0.3) is 10.8 Å². The maximum atomic E-state index is 12.5. The van der Waals surface area contributed by atoms with Gasteiger partial charge < -0.3 is 10.1 Å². The summed E-state index contributed by atoms with van der Waals surface area (Å²) in [7, 11) is 0. The molecule has 35 heavy (non-hydrogen) atoms. The van der Waals surface area contributed by atoms with Crippen LogP contribution in [0, 0.1) is 0 Å². The molecule has 0 radical (unpaired) electrons. The lowest BCUT2D eigenvalue weighted by Crippen LogP contribution is -2.15. The van der Waals surface area contributed by atoms with Crippen molar-refractivity contribution in [3.63, 3.8) is 0 Å². The van der Waals surface area contributed by atoms with E-state index in [9.17, 15) is 4.79 Å². The molecule has 5 rings (SSSR count). The highest BCUT2D eigenvalue weighted by molar-refractivity contribution is 7.99. The second-order valence-electron chi connectivity index (χ2n) is 7.94. The molecule has 0 aliphatic heterocycles. The summed E-state index contributed by atoms with van der Waals surface area (Å²) in [5, 5.41) is 14.5. The first kappa shape index (κ1) is 22.7. The fourth-order valence-corrected chi connectivity index (χ4v) is 4.53. The highest BCUT2D eigenvalue weighted by atomic mass is 32.2. The summed E-state index contributed by atoms with van der Waals surface area (Å²) < 4.78 is 8.20. The van der Waals surface area contributed by atoms with Crippen molar-refractivity contribution in [2.75, 3.05) is 11.1 Å². The van der Waals surface area contributed by atoms with Crippen molar-refractivity contribution in [3.8, 4) is 5.75 Å². The summed E-state index contributed by atoms with van der Waals surface area (Å²) in [5.74, 6) is 1.64. The monoisotopic (exact) mass is 480 g/mol. The van der Waals surface area contributed by atoms with E-state index in [-0.39, 0.29) is 18.3 Å². The van der Waals surface area contributed by atoms with Gasteiger partial charge in [-0.25, -0.2) is 0 Å². The van der Waals surface area contributed by atoms with Crippen molar-refractivity contribution >= 4 is 34.1 Å². The first-order valence-electron chi connectivity index (χ1n) is 11.3. The normalized spacial score (nSPS) is 10.9. The quantitative estimate of drug-likeness (QED) is 0.271. The number of rotatable bonds is 9. The topological polar surface area (TPSA) is 69.0 Å². The third-order valence-corrected chi connectivity index (χ3v) is 6.44. The predicted octanol–water partition coefficient (Wildman–Crippen LogP) is 5.79. The zero-order chi connectivity index (χ0) is 23.9. The molecule has 0 bridgehead atoms. The Morgan fingerprint density at radius 3 is 2.37 bits per heavy atom. The molecule has 1 amide bonds. The molecule has 0 fully saturated rings. The summed E-state index contributed by atoms with van der Waals surface area (Å²) in [6, 6.07) is 33.7. The maximum Gasteiger partial charge on any atom is 0.234 e. The third-order valence-electron chi connectivity index (χ3n) is 5.47. The van der Waals surface area contributed by atoms with Gasteiger partial charge in [0.15, 0.2) is 11.0 Å². The number of ether oxygens (including phenoxy) is 1. The number of amides is 1. The summed E-state index contributed by atoms with van der Waals surface area (Å²) in [4.78, 5) is 12.5. The van der Waals surface area contributed by atoms with E-state index in [0.29, 0.717) is 17.5 Å². The molecule has 0 unspecified atom stereocenters. The highest BCUT2D eigenvalue weighted by Crippen LogP contribution is 2.26. The molecule has 174 valence electrons. The lowest BCUT2D eigenvalue weighted by atomic mass is 10.1. The Kier molecular flexibility index (Phi) is 7.05. The number of anilines is 1. The van der Waals surface area contributed by atoms with Gasteiger partial charge in [-0.2, -0.15) is 0 Å². The molecule has 0 atom stereocenters. The number of carbonyl (C=O) groups excluding carboxylic acids is 1. The van der Waals surface area contributed by atoms with Gasteiger partial charge in [-0.05, 0) is 29.1 Å². The molecule has 0 aliphatic carbocycles. The van der Waals surface area contributed by atoms with Gasteiger partial charge in [0.05, 0.1) is 12.3 Å². The molecule has 6 nitrogen and oxygen atoms in total. The van der Waals surface area contributed by atoms with Crippen LogP contribution < -0.4 is 10.1 Å². The van der Waals surface area contributed by atoms with E-state index in [1.54, 1.807) is 0 Å². The number of thioether (sulfide) groups is 1. The zero-order valence-electron chi connectivity index (χ0n) is 19.0. The van der Waals surface area contributed by atoms with Crippen LogP contribution >= 0.6 is 11.8 Å². The molecular weight excluding hydrogens is 456 g/mol. The van der Waals surface area contributed by atoms with Gasteiger partial charge in [-0.3, -0.25) is 9.36 Å². The molecule has 1 N–H and O–H groups in total. The number of nitrogens with zero attached hydrogens (tertiary/aromatic N) is 3. The van der Waals surface area contributed by atoms with Crippen LogP contribution in [0.2, 0.25) is 0 Å². The molecule has 1 heterocycles. The average Bonchev–Trinajstić information content (AvgIpc) is 3.28. The lowest BCUT2D eigenvalue weighted by molar-refractivity contribution is -0.113. The van der Waals surface area contributed by atoms with Crippen LogP contribution in [-0.4, -0.2) is 26.4 Å². The van der Waals surface area contributed by atoms with Crippen molar-refractivity contribution in [1.29, 1.82) is 0 Å². The number of hydrogen-bond acceptors (Lipinski definition) is 5. The van der Waals surface area contributed by atoms with Gasteiger partial charge >= 0.3 is 0 Å². The summed E-state index contributed by atoms with van der Waals surface area (Å²) >= 11 is 1.36. The molecule has 7 heteroatoms. The van der Waals surface area contributed by atoms with Crippen molar-refractivity contribution in [3.05, 3.63) is 115 Å². The van der Waals surface area contributed by atoms with Crippen molar-refractivity contribution < 1.29 is 9.53 Å². The van der Waals surface area contributed by atoms with Crippen molar-refractivity contribution in [1.82, 2.24) is 14.8 Å². The van der Waals surface area contributed by atoms with Gasteiger partial charge in [0.1, 0.15) is 12.4 Å². The molecule has 5 aromatic rings. The number of benzene rings is 4. The smallest absolute Gasteiger partial charge is 0.234 e. The molecule has 4 aromatic carbocycles. The largest absolute Gasteiger partial charge is 0.485 e. The van der Waals surface area contributed by atoms with Crippen molar-refractivity contribution in [2.24, 2.45) is 0 Å². The molecule has 0 aliphatic rings. The van der Waals surface area contributed by atoms with E-state index in [0.717, 1.165) is 27.8 Å². The molecule has 0 saturated carbocycles. The standard InChI is InChI=1S/C28H24N4O2S/c33-27(29-23-14-5-2-6-15-23)20-35-28-31-30-26(32(28)18-21-10-3-1-4-11-21)19-34-25-17-9-13-22-12-7-8-16-24(22)25/h1-17H,18-20H2,(H,29,33). The number of carbonyl (C=O) groups is 1. The third kappa shape index (κ3) is 5.70. The minimum atomic E-state index is -0.0935. The van der Waals surface area contributed by atoms with E-state index in [4.69, 9.17) is 4.74 Å². The van der Waals surface area contributed by atoms with Gasteiger partial charge in [0, 0.05) is 11.1 Å². The first-order valence-corrected chi connectivity index (χ1v) is 12.3. The fraction of sp³-hybridized carbons (Fsp3) is 0.107. The second kappa shape index (κ2) is 10.9. The van der Waals surface area contributed by atoms with Gasteiger partial charge in [0.2, 0.25) is 5.91 Å². The summed E-state index contributed by atoms with van der Waals surface area (Å²) in [6.45, 7) is 0.856. The second-order valence-corrected chi connectivity index (χ2v) is 8.88. The Hall–Kier alpha value is -4.10. The maximum absolute atomic E-state index is 12.5. The number of fused-ring (bicyclic) bond motifs is 1. The number of para-hydroxylation sites is 1. The van der Waals surface area contributed by atoms with Gasteiger partial charge in [-0.1, -0.05) is 96.7 Å². The van der Waals surface area contributed by atoms with Gasteiger partial charge in [-0.15, -0.1) is 10.2 Å². The summed E-state index contributed by atoms with van der Waals surface area (Å²) in [5.41, 5.74) is 1.89. The Morgan fingerprint density at radius 1 is 0.829 bits per heavy atom. The first-order chi connectivity index (χ1) is 17.3. The van der Waals surface area contributed by atoms with Crippen LogP contribution in [0.5, 0.6) is 5.75 Å². The van der Waals surface area contributed by atoms with E-state index >= 15 is 0 Å². The number of nitrogens with one attached hydrogen (secondary N) is 1. The predicted molar refractivity (Wildman–Crippen MR) is 140 cm³/mol. The SMILES string of the molecule is O=C(CSc1nnc(COc2cccc3ccccc23)n1Cc1ccccc1)Nc1ccccc1. The Labute approximate surface area is 208 Å². The molecule has 1 aromatic heterocycles. The molecular formula is C28H24N4O2S. The lowest BCUT2D eigenvalue weighted by Gasteiger charge is -2.12. The molecule has 0 saturated heterocycles. The van der Waals surface area contributed by atoms with Crippen LogP contribution in [0.3, 0.4) is 0 Å². The van der Waals surface area contributed by atoms with Crippen LogP contribution in [0.4, 0.5) is 5.69 Å². The van der Waals surface area contributed by atoms with Gasteiger partial charge in [0.25, 0.3) is 0 Å². The minimum Gasteiger partial charge on any atom is -0.485 e. The number of aromatic nitrogens is 3. The van der Waals surface area contributed by atoms with Crippen molar-refractivity contribution in [2.45, 2.75) is 18.3 Å². The average molecular weight is 481 g/mol.